The van der Waals surface area contributed by atoms with Gasteiger partial charge in [0.2, 0.25) is 0 Å². The number of hydrogen-bond donors (Lipinski definition) is 5. The number of aliphatic hydroxyl groups is 5. The van der Waals surface area contributed by atoms with Crippen molar-refractivity contribution < 1.29 is 25.5 Å². The minimum absolute atomic E-state index is 0.302. The van der Waals surface area contributed by atoms with E-state index in [0.717, 1.165) is 0 Å². The molecule has 5 atom stereocenters. The van der Waals surface area contributed by atoms with Crippen molar-refractivity contribution in [2.24, 2.45) is 0 Å². The van der Waals surface area contributed by atoms with Gasteiger partial charge in [0.25, 0.3) is 0 Å². The van der Waals surface area contributed by atoms with Crippen molar-refractivity contribution in [1.29, 1.82) is 0 Å². The van der Waals surface area contributed by atoms with Crippen molar-refractivity contribution in [2.45, 2.75) is 30.4 Å². The Morgan fingerprint density at radius 3 is 2.14 bits per heavy atom. The van der Waals surface area contributed by atoms with E-state index >= 15 is 0 Å². The minimum Gasteiger partial charge on any atom is -0.395 e. The van der Waals surface area contributed by atoms with E-state index < -0.39 is 37.0 Å². The van der Waals surface area contributed by atoms with E-state index in [-0.39, 0.29) is 6.61 Å². The van der Waals surface area contributed by atoms with Crippen LogP contribution in [0.15, 0.2) is 0 Å². The van der Waals surface area contributed by atoms with Crippen LogP contribution in [-0.2, 0) is 0 Å². The number of nitrogens with zero attached hydrogens (tertiary/aromatic N) is 1. The Hall–Kier alpha value is -0.240. The topological polar surface area (TPSA) is 104 Å². The molecule has 0 radical (unpaired) electrons. The molecule has 1 aliphatic rings. The lowest BCUT2D eigenvalue weighted by Crippen LogP contribution is -2.46. The van der Waals surface area contributed by atoms with Gasteiger partial charge in [-0.25, -0.2) is 0 Å². The first-order chi connectivity index (χ1) is 6.54. The fourth-order valence-corrected chi connectivity index (χ4v) is 1.98. The summed E-state index contributed by atoms with van der Waals surface area (Å²) in [5.74, 6) is 0. The number of hydrogen-bond acceptors (Lipinski definition) is 6. The van der Waals surface area contributed by atoms with Crippen LogP contribution in [-0.4, -0.2) is 81.1 Å². The maximum absolute atomic E-state index is 9.56. The molecule has 1 fully saturated rings. The van der Waals surface area contributed by atoms with Crippen LogP contribution in [0.2, 0.25) is 0 Å². The van der Waals surface area contributed by atoms with E-state index in [4.69, 9.17) is 10.2 Å². The highest BCUT2D eigenvalue weighted by Crippen LogP contribution is 2.25. The molecular formula is C8H17NO5. The molecule has 0 amide bonds. The first-order valence-electron chi connectivity index (χ1n) is 4.52. The summed E-state index contributed by atoms with van der Waals surface area (Å²) in [6.45, 7) is -0.791. The lowest BCUT2D eigenvalue weighted by Gasteiger charge is -2.27. The molecule has 0 saturated carbocycles. The van der Waals surface area contributed by atoms with Crippen LogP contribution in [0.5, 0.6) is 0 Å². The molecule has 0 spiro atoms. The van der Waals surface area contributed by atoms with E-state index in [2.05, 4.69) is 0 Å². The zero-order chi connectivity index (χ0) is 10.9. The average molecular weight is 207 g/mol. The molecule has 1 aliphatic heterocycles. The molecule has 0 aliphatic carbocycles. The maximum Gasteiger partial charge on any atom is 0.0996 e. The molecule has 0 aromatic rings. The monoisotopic (exact) mass is 207 g/mol. The molecule has 0 aromatic heterocycles. The van der Waals surface area contributed by atoms with Gasteiger partial charge >= 0.3 is 0 Å². The molecular weight excluding hydrogens is 190 g/mol. The Kier molecular flexibility index (Phi) is 3.82. The Morgan fingerprint density at radius 1 is 1.21 bits per heavy atom. The van der Waals surface area contributed by atoms with Crippen LogP contribution in [0.25, 0.3) is 0 Å². The van der Waals surface area contributed by atoms with E-state index in [1.165, 1.54) is 4.90 Å². The second-order valence-electron chi connectivity index (χ2n) is 3.64. The third-order valence-corrected chi connectivity index (χ3v) is 2.86. The normalized spacial score (nSPS) is 41.6. The Balaban J connectivity index is 2.77. The molecule has 5 N–H and O–H groups in total. The van der Waals surface area contributed by atoms with Gasteiger partial charge in [-0.15, -0.1) is 0 Å². The lowest BCUT2D eigenvalue weighted by atomic mass is 10.0. The van der Waals surface area contributed by atoms with Crippen molar-refractivity contribution in [3.8, 4) is 0 Å². The molecule has 6 heteroatoms. The van der Waals surface area contributed by atoms with Crippen molar-refractivity contribution in [3.05, 3.63) is 0 Å². The first-order valence-corrected chi connectivity index (χ1v) is 4.52. The molecule has 6 nitrogen and oxygen atoms in total. The van der Waals surface area contributed by atoms with E-state index in [1.54, 1.807) is 7.05 Å². The average Bonchev–Trinajstić information content (AvgIpc) is 2.38. The van der Waals surface area contributed by atoms with Gasteiger partial charge in [-0.1, -0.05) is 0 Å². The van der Waals surface area contributed by atoms with Crippen LogP contribution < -0.4 is 0 Å². The van der Waals surface area contributed by atoms with Gasteiger partial charge in [0, 0.05) is 0 Å². The highest BCUT2D eigenvalue weighted by Gasteiger charge is 2.48. The van der Waals surface area contributed by atoms with E-state index in [9.17, 15) is 15.3 Å². The zero-order valence-electron chi connectivity index (χ0n) is 7.98. The Morgan fingerprint density at radius 2 is 1.79 bits per heavy atom. The molecule has 1 saturated heterocycles. The Labute approximate surface area is 82.0 Å². The summed E-state index contributed by atoms with van der Waals surface area (Å²) in [7, 11) is 1.57. The molecule has 84 valence electrons. The number of aliphatic hydroxyl groups excluding tert-OH is 5. The SMILES string of the molecule is CN1[C@@H]([C@@H](O)CO)[C@@H](O)[C@H](O)[C@H]1CO. The highest BCUT2D eigenvalue weighted by molar-refractivity contribution is 5.01. The lowest BCUT2D eigenvalue weighted by molar-refractivity contribution is -0.0261. The van der Waals surface area contributed by atoms with Gasteiger partial charge in [0.15, 0.2) is 0 Å². The number of likely N-dealkylation sites (N-methyl/N-ethyl adjacent to an activating group) is 1. The van der Waals surface area contributed by atoms with Crippen molar-refractivity contribution >= 4 is 0 Å². The molecule has 0 unspecified atom stereocenters. The third-order valence-electron chi connectivity index (χ3n) is 2.86. The van der Waals surface area contributed by atoms with Crippen LogP contribution in [0.3, 0.4) is 0 Å². The van der Waals surface area contributed by atoms with Crippen molar-refractivity contribution in [3.63, 3.8) is 0 Å². The van der Waals surface area contributed by atoms with Crippen molar-refractivity contribution in [2.75, 3.05) is 20.3 Å². The summed E-state index contributed by atoms with van der Waals surface area (Å²) in [5, 5.41) is 46.1. The van der Waals surface area contributed by atoms with Crippen LogP contribution in [0, 0.1) is 0 Å². The molecule has 0 aromatic carbocycles. The summed E-state index contributed by atoms with van der Waals surface area (Å²) >= 11 is 0. The van der Waals surface area contributed by atoms with Crippen molar-refractivity contribution in [1.82, 2.24) is 4.90 Å². The standard InChI is InChI=1S/C8H17NO5/c1-9-4(2-10)7(13)8(14)6(9)5(12)3-11/h4-8,10-14H,2-3H2,1H3/t4-,5+,6+,7-,8-/m1/s1. The summed E-state index contributed by atoms with van der Waals surface area (Å²) in [6.07, 6.45) is -3.38. The summed E-state index contributed by atoms with van der Waals surface area (Å²) in [6, 6.07) is -1.34. The molecule has 1 heterocycles. The van der Waals surface area contributed by atoms with E-state index in [0.29, 0.717) is 0 Å². The van der Waals surface area contributed by atoms with Crippen LogP contribution in [0.4, 0.5) is 0 Å². The van der Waals surface area contributed by atoms with Crippen LogP contribution in [0.1, 0.15) is 0 Å². The second kappa shape index (κ2) is 4.52. The largest absolute Gasteiger partial charge is 0.395 e. The predicted octanol–water partition coefficient (Wildman–Crippen LogP) is -3.26. The first kappa shape index (κ1) is 11.8. The van der Waals surface area contributed by atoms with Gasteiger partial charge in [-0.05, 0) is 7.05 Å². The summed E-state index contributed by atoms with van der Waals surface area (Å²) in [4.78, 5) is 1.48. The Bertz CT molecular complexity index is 191. The number of likely N-dealkylation sites (tertiary alicyclic amines) is 1. The second-order valence-corrected chi connectivity index (χ2v) is 3.64. The smallest absolute Gasteiger partial charge is 0.0996 e. The van der Waals surface area contributed by atoms with Gasteiger partial charge in [-0.2, -0.15) is 0 Å². The third kappa shape index (κ3) is 1.77. The fourth-order valence-electron chi connectivity index (χ4n) is 1.98. The van der Waals surface area contributed by atoms with E-state index in [1.807, 2.05) is 0 Å². The molecule has 0 bridgehead atoms. The quantitative estimate of drug-likeness (QED) is 0.333. The summed E-state index contributed by atoms with van der Waals surface area (Å²) in [5.41, 5.74) is 0. The van der Waals surface area contributed by atoms with Crippen LogP contribution >= 0.6 is 0 Å². The van der Waals surface area contributed by atoms with Gasteiger partial charge < -0.3 is 25.5 Å². The maximum atomic E-state index is 9.56. The minimum atomic E-state index is -1.15. The number of rotatable bonds is 3. The fraction of sp³-hybridized carbons (Fsp3) is 1.00. The van der Waals surface area contributed by atoms with Gasteiger partial charge in [-0.3, -0.25) is 4.90 Å². The van der Waals surface area contributed by atoms with Gasteiger partial charge in [0.1, 0.15) is 0 Å². The molecule has 14 heavy (non-hydrogen) atoms. The van der Waals surface area contributed by atoms with Gasteiger partial charge in [0.05, 0.1) is 43.6 Å². The summed E-state index contributed by atoms with van der Waals surface area (Å²) < 4.78 is 0. The molecule has 1 rings (SSSR count). The zero-order valence-corrected chi connectivity index (χ0v) is 7.98. The predicted molar refractivity (Wildman–Crippen MR) is 47.5 cm³/mol. The highest BCUT2D eigenvalue weighted by atomic mass is 16.4.